The summed E-state index contributed by atoms with van der Waals surface area (Å²) in [6.45, 7) is 0.0481. The van der Waals surface area contributed by atoms with E-state index in [-0.39, 0.29) is 17.4 Å². The van der Waals surface area contributed by atoms with Crippen molar-refractivity contribution in [2.45, 2.75) is 38.0 Å². The maximum Gasteiger partial charge on any atom is 0.211 e. The van der Waals surface area contributed by atoms with E-state index in [9.17, 15) is 10.1 Å². The number of aromatic nitrogens is 1. The van der Waals surface area contributed by atoms with Crippen molar-refractivity contribution in [3.05, 3.63) is 46.1 Å². The Kier molecular flexibility index (Phi) is 3.72. The largest absolute Gasteiger partial charge is 0.361 e. The number of fused-ring (bicyclic) bond motifs is 1. The Balaban J connectivity index is 1.97. The maximum atomic E-state index is 11.1. The lowest BCUT2D eigenvalue weighted by Gasteiger charge is -2.27. The van der Waals surface area contributed by atoms with Crippen LogP contribution >= 0.6 is 0 Å². The van der Waals surface area contributed by atoms with Crippen LogP contribution in [0.5, 0.6) is 0 Å². The Labute approximate surface area is 118 Å². The Morgan fingerprint density at radius 1 is 1.25 bits per heavy atom. The van der Waals surface area contributed by atoms with E-state index >= 15 is 0 Å². The van der Waals surface area contributed by atoms with Crippen LogP contribution in [0.25, 0.3) is 10.9 Å². The molecule has 1 saturated carbocycles. The molecule has 4 heteroatoms. The van der Waals surface area contributed by atoms with Crippen molar-refractivity contribution in [2.75, 3.05) is 6.54 Å². The summed E-state index contributed by atoms with van der Waals surface area (Å²) in [7, 11) is 0. The SMILES string of the molecule is O=[N+]([O-])C[C@@H](c1c[nH]c2ccccc12)C1CCCCC1. The molecule has 1 aromatic carbocycles. The molecule has 0 aliphatic heterocycles. The first-order chi connectivity index (χ1) is 9.75. The van der Waals surface area contributed by atoms with Crippen LogP contribution in [0.15, 0.2) is 30.5 Å². The quantitative estimate of drug-likeness (QED) is 0.672. The Morgan fingerprint density at radius 2 is 2.00 bits per heavy atom. The van der Waals surface area contributed by atoms with E-state index in [4.69, 9.17) is 0 Å². The Morgan fingerprint density at radius 3 is 2.75 bits per heavy atom. The summed E-state index contributed by atoms with van der Waals surface area (Å²) in [5.41, 5.74) is 2.20. The smallest absolute Gasteiger partial charge is 0.211 e. The molecule has 1 N–H and O–H groups in total. The van der Waals surface area contributed by atoms with Crippen LogP contribution in [-0.4, -0.2) is 16.5 Å². The van der Waals surface area contributed by atoms with Gasteiger partial charge in [-0.25, -0.2) is 0 Å². The zero-order chi connectivity index (χ0) is 13.9. The van der Waals surface area contributed by atoms with Crippen molar-refractivity contribution >= 4 is 10.9 Å². The van der Waals surface area contributed by atoms with Gasteiger partial charge in [-0.3, -0.25) is 10.1 Å². The van der Waals surface area contributed by atoms with Crippen molar-refractivity contribution in [3.8, 4) is 0 Å². The van der Waals surface area contributed by atoms with Gasteiger partial charge in [0, 0.05) is 22.0 Å². The minimum absolute atomic E-state index is 0.0430. The first kappa shape index (κ1) is 13.2. The van der Waals surface area contributed by atoms with Crippen LogP contribution in [-0.2, 0) is 0 Å². The van der Waals surface area contributed by atoms with Crippen LogP contribution in [0.1, 0.15) is 43.6 Å². The molecule has 0 radical (unpaired) electrons. The molecule has 106 valence electrons. The van der Waals surface area contributed by atoms with E-state index in [0.29, 0.717) is 5.92 Å². The average molecular weight is 272 g/mol. The van der Waals surface area contributed by atoms with Gasteiger partial charge in [-0.1, -0.05) is 37.5 Å². The number of H-pyrrole nitrogens is 1. The second-order valence-electron chi connectivity index (χ2n) is 5.81. The lowest BCUT2D eigenvalue weighted by molar-refractivity contribution is -0.485. The first-order valence-corrected chi connectivity index (χ1v) is 7.43. The number of nitrogens with one attached hydrogen (secondary N) is 1. The molecule has 1 fully saturated rings. The van der Waals surface area contributed by atoms with Gasteiger partial charge in [-0.05, 0) is 30.4 Å². The number of hydrogen-bond donors (Lipinski definition) is 1. The normalized spacial score (nSPS) is 18.2. The number of rotatable bonds is 4. The fraction of sp³-hybridized carbons (Fsp3) is 0.500. The lowest BCUT2D eigenvalue weighted by Crippen LogP contribution is -2.23. The standard InChI is InChI=1S/C16H20N2O2/c19-18(20)11-15(12-6-2-1-3-7-12)14-10-17-16-9-5-4-8-13(14)16/h4-5,8-10,12,15,17H,1-3,6-7,11H2/t15-/m1/s1. The van der Waals surface area contributed by atoms with Crippen LogP contribution in [0.4, 0.5) is 0 Å². The van der Waals surface area contributed by atoms with Gasteiger partial charge in [0.2, 0.25) is 6.54 Å². The Bertz CT molecular complexity index is 599. The summed E-state index contributed by atoms with van der Waals surface area (Å²) in [6, 6.07) is 8.09. The fourth-order valence-corrected chi connectivity index (χ4v) is 3.60. The van der Waals surface area contributed by atoms with Crippen LogP contribution in [0.2, 0.25) is 0 Å². The van der Waals surface area contributed by atoms with Gasteiger partial charge in [0.1, 0.15) is 0 Å². The van der Waals surface area contributed by atoms with Crippen LogP contribution < -0.4 is 0 Å². The highest BCUT2D eigenvalue weighted by atomic mass is 16.6. The molecule has 0 unspecified atom stereocenters. The summed E-state index contributed by atoms with van der Waals surface area (Å²) < 4.78 is 0. The highest BCUT2D eigenvalue weighted by Crippen LogP contribution is 2.38. The third-order valence-electron chi connectivity index (χ3n) is 4.59. The molecule has 0 amide bonds. The van der Waals surface area contributed by atoms with Crippen molar-refractivity contribution in [2.24, 2.45) is 5.92 Å². The lowest BCUT2D eigenvalue weighted by atomic mass is 9.77. The summed E-state index contributed by atoms with van der Waals surface area (Å²) in [4.78, 5) is 14.2. The minimum Gasteiger partial charge on any atom is -0.361 e. The number of nitro groups is 1. The van der Waals surface area contributed by atoms with Gasteiger partial charge in [0.15, 0.2) is 0 Å². The summed E-state index contributed by atoms with van der Waals surface area (Å²) in [5.74, 6) is 0.495. The van der Waals surface area contributed by atoms with Gasteiger partial charge in [0.05, 0.1) is 5.92 Å². The van der Waals surface area contributed by atoms with Gasteiger partial charge in [0.25, 0.3) is 0 Å². The molecular weight excluding hydrogens is 252 g/mol. The summed E-state index contributed by atoms with van der Waals surface area (Å²) in [6.07, 6.45) is 7.92. The summed E-state index contributed by atoms with van der Waals surface area (Å²) in [5, 5.41) is 12.2. The Hall–Kier alpha value is -1.84. The minimum atomic E-state index is -0.152. The molecule has 20 heavy (non-hydrogen) atoms. The number of hydrogen-bond acceptors (Lipinski definition) is 2. The van der Waals surface area contributed by atoms with E-state index in [0.717, 1.165) is 29.3 Å². The van der Waals surface area contributed by atoms with Crippen molar-refractivity contribution in [1.29, 1.82) is 0 Å². The molecule has 4 nitrogen and oxygen atoms in total. The average Bonchev–Trinajstić information content (AvgIpc) is 2.89. The third kappa shape index (κ3) is 2.55. The molecule has 1 aliphatic rings. The molecule has 1 atom stereocenters. The van der Waals surface area contributed by atoms with Gasteiger partial charge in [-0.2, -0.15) is 0 Å². The van der Waals surface area contributed by atoms with Crippen LogP contribution in [0, 0.1) is 16.0 Å². The molecule has 0 bridgehead atoms. The molecule has 2 aromatic rings. The zero-order valence-electron chi connectivity index (χ0n) is 11.5. The number of benzene rings is 1. The van der Waals surface area contributed by atoms with E-state index in [1.54, 1.807) is 0 Å². The van der Waals surface area contributed by atoms with Gasteiger partial charge in [-0.15, -0.1) is 0 Å². The molecule has 1 aromatic heterocycles. The first-order valence-electron chi connectivity index (χ1n) is 7.43. The highest BCUT2D eigenvalue weighted by molar-refractivity contribution is 5.83. The topological polar surface area (TPSA) is 58.9 Å². The van der Waals surface area contributed by atoms with Gasteiger partial charge >= 0.3 is 0 Å². The monoisotopic (exact) mass is 272 g/mol. The zero-order valence-corrected chi connectivity index (χ0v) is 11.5. The highest BCUT2D eigenvalue weighted by Gasteiger charge is 2.30. The van der Waals surface area contributed by atoms with E-state index in [1.165, 1.54) is 19.3 Å². The predicted molar refractivity (Wildman–Crippen MR) is 79.5 cm³/mol. The van der Waals surface area contributed by atoms with E-state index in [2.05, 4.69) is 11.1 Å². The van der Waals surface area contributed by atoms with E-state index < -0.39 is 0 Å². The second-order valence-corrected chi connectivity index (χ2v) is 5.81. The van der Waals surface area contributed by atoms with Crippen LogP contribution in [0.3, 0.4) is 0 Å². The fourth-order valence-electron chi connectivity index (χ4n) is 3.60. The molecule has 3 rings (SSSR count). The molecule has 0 spiro atoms. The third-order valence-corrected chi connectivity index (χ3v) is 4.59. The molecule has 1 heterocycles. The number of para-hydroxylation sites is 1. The molecule has 0 saturated heterocycles. The van der Waals surface area contributed by atoms with E-state index in [1.807, 2.05) is 24.4 Å². The van der Waals surface area contributed by atoms with Crippen molar-refractivity contribution in [1.82, 2.24) is 4.98 Å². The number of aromatic amines is 1. The predicted octanol–water partition coefficient (Wildman–Crippen LogP) is 4.11. The number of nitrogens with zero attached hydrogens (tertiary/aromatic N) is 1. The molecule has 1 aliphatic carbocycles. The van der Waals surface area contributed by atoms with Gasteiger partial charge < -0.3 is 4.98 Å². The maximum absolute atomic E-state index is 11.1. The molecular formula is C16H20N2O2. The van der Waals surface area contributed by atoms with Crippen molar-refractivity contribution < 1.29 is 4.92 Å². The van der Waals surface area contributed by atoms with Crippen molar-refractivity contribution in [3.63, 3.8) is 0 Å². The summed E-state index contributed by atoms with van der Waals surface area (Å²) >= 11 is 0. The second kappa shape index (κ2) is 5.65.